The van der Waals surface area contributed by atoms with Gasteiger partial charge in [0.25, 0.3) is 11.8 Å². The maximum Gasteiger partial charge on any atom is 0.257 e. The van der Waals surface area contributed by atoms with Crippen molar-refractivity contribution < 1.29 is 23.8 Å². The van der Waals surface area contributed by atoms with E-state index in [1.165, 1.54) is 0 Å². The first-order valence-corrected chi connectivity index (χ1v) is 15.5. The summed E-state index contributed by atoms with van der Waals surface area (Å²) in [4.78, 5) is 26.5. The molecule has 4 N–H and O–H groups in total. The van der Waals surface area contributed by atoms with Crippen LogP contribution in [0.2, 0.25) is 0 Å². The first kappa shape index (κ1) is 32.2. The molecule has 244 valence electrons. The van der Waals surface area contributed by atoms with Gasteiger partial charge in [0.05, 0.1) is 48.1 Å². The van der Waals surface area contributed by atoms with Gasteiger partial charge in [-0.2, -0.15) is 0 Å². The van der Waals surface area contributed by atoms with Crippen molar-refractivity contribution in [3.63, 3.8) is 0 Å². The third-order valence-corrected chi connectivity index (χ3v) is 7.56. The van der Waals surface area contributed by atoms with Crippen molar-refractivity contribution in [2.24, 2.45) is 0 Å². The summed E-state index contributed by atoms with van der Waals surface area (Å²) in [7, 11) is 3.21. The molecule has 0 aliphatic heterocycles. The number of amides is 2. The Hall–Kier alpha value is -6.74. The van der Waals surface area contributed by atoms with E-state index in [-0.39, 0.29) is 11.8 Å². The van der Waals surface area contributed by atoms with Gasteiger partial charge in [-0.15, -0.1) is 0 Å². The Kier molecular flexibility index (Phi) is 10.0. The van der Waals surface area contributed by atoms with Crippen molar-refractivity contribution in [2.75, 3.05) is 35.5 Å². The molecular formula is C40H34N4O5. The predicted octanol–water partition coefficient (Wildman–Crippen LogP) is 9.49. The lowest BCUT2D eigenvalue weighted by molar-refractivity contribution is 0.101. The lowest BCUT2D eigenvalue weighted by Gasteiger charge is -2.15. The minimum Gasteiger partial charge on any atom is -0.495 e. The Balaban J connectivity index is 1.06. The minimum absolute atomic E-state index is 0.262. The third kappa shape index (κ3) is 7.98. The van der Waals surface area contributed by atoms with Crippen LogP contribution >= 0.6 is 0 Å². The van der Waals surface area contributed by atoms with Crippen LogP contribution in [0.5, 0.6) is 23.0 Å². The fraction of sp³-hybridized carbons (Fsp3) is 0.0500. The summed E-state index contributed by atoms with van der Waals surface area (Å²) in [5.74, 6) is 2.00. The molecule has 0 atom stereocenters. The number of hydrogen-bond donors (Lipinski definition) is 4. The number of anilines is 6. The van der Waals surface area contributed by atoms with E-state index in [9.17, 15) is 9.59 Å². The molecule has 2 amide bonds. The Bertz CT molecular complexity index is 1910. The average Bonchev–Trinajstić information content (AvgIpc) is 3.14. The van der Waals surface area contributed by atoms with E-state index in [2.05, 4.69) is 21.3 Å². The second kappa shape index (κ2) is 15.2. The maximum atomic E-state index is 13.2. The van der Waals surface area contributed by atoms with Gasteiger partial charge in [0.15, 0.2) is 0 Å². The summed E-state index contributed by atoms with van der Waals surface area (Å²) < 4.78 is 16.9. The molecule has 0 aliphatic carbocycles. The topological polar surface area (TPSA) is 110 Å². The average molecular weight is 651 g/mol. The van der Waals surface area contributed by atoms with Crippen LogP contribution < -0.4 is 35.5 Å². The molecule has 0 heterocycles. The number of ether oxygens (including phenoxy) is 3. The van der Waals surface area contributed by atoms with Gasteiger partial charge >= 0.3 is 0 Å². The van der Waals surface area contributed by atoms with Crippen LogP contribution in [0.3, 0.4) is 0 Å². The largest absolute Gasteiger partial charge is 0.495 e. The Labute approximate surface area is 284 Å². The van der Waals surface area contributed by atoms with Crippen molar-refractivity contribution in [3.8, 4) is 23.0 Å². The fourth-order valence-corrected chi connectivity index (χ4v) is 5.11. The van der Waals surface area contributed by atoms with Crippen LogP contribution in [0.25, 0.3) is 0 Å². The summed E-state index contributed by atoms with van der Waals surface area (Å²) in [5.41, 5.74) is 5.01. The van der Waals surface area contributed by atoms with E-state index < -0.39 is 0 Å². The zero-order valence-corrected chi connectivity index (χ0v) is 26.9. The van der Waals surface area contributed by atoms with E-state index >= 15 is 0 Å². The number of benzene rings is 6. The monoisotopic (exact) mass is 650 g/mol. The molecule has 6 aromatic carbocycles. The van der Waals surface area contributed by atoms with Crippen LogP contribution in [0.15, 0.2) is 146 Å². The van der Waals surface area contributed by atoms with Crippen LogP contribution in [-0.2, 0) is 0 Å². The smallest absolute Gasteiger partial charge is 0.257 e. The predicted molar refractivity (Wildman–Crippen MR) is 194 cm³/mol. The van der Waals surface area contributed by atoms with Crippen molar-refractivity contribution in [1.29, 1.82) is 0 Å². The standard InChI is InChI=1S/C40H34N4O5/c1-47-37-17-9-7-15-35(37)43-33-13-5-3-11-31(33)39(45)41-27-19-23-29(24-20-27)49-30-25-21-28(22-26-30)42-40(46)32-12-4-6-14-34(32)44-36-16-8-10-18-38(36)48-2/h3-26,43-44H,1-2H3,(H,41,45)(H,42,46). The second-order valence-electron chi connectivity index (χ2n) is 10.8. The van der Waals surface area contributed by atoms with Crippen molar-refractivity contribution in [1.82, 2.24) is 0 Å². The molecule has 0 spiro atoms. The van der Waals surface area contributed by atoms with Crippen molar-refractivity contribution in [2.45, 2.75) is 0 Å². The molecule has 49 heavy (non-hydrogen) atoms. The summed E-state index contributed by atoms with van der Waals surface area (Å²) in [5, 5.41) is 12.5. The van der Waals surface area contributed by atoms with E-state index in [0.29, 0.717) is 56.9 Å². The number of rotatable bonds is 12. The van der Waals surface area contributed by atoms with Gasteiger partial charge in [-0.05, 0) is 97.1 Å². The Morgan fingerprint density at radius 1 is 0.429 bits per heavy atom. The van der Waals surface area contributed by atoms with Crippen molar-refractivity contribution in [3.05, 3.63) is 157 Å². The molecule has 6 rings (SSSR count). The zero-order valence-electron chi connectivity index (χ0n) is 26.9. The van der Waals surface area contributed by atoms with Gasteiger partial charge in [-0.1, -0.05) is 48.5 Å². The molecule has 0 radical (unpaired) electrons. The van der Waals surface area contributed by atoms with Gasteiger partial charge < -0.3 is 35.5 Å². The molecule has 9 nitrogen and oxygen atoms in total. The number of hydrogen-bond acceptors (Lipinski definition) is 7. The summed E-state index contributed by atoms with van der Waals surface area (Å²) >= 11 is 0. The number of nitrogens with one attached hydrogen (secondary N) is 4. The molecule has 0 bridgehead atoms. The Morgan fingerprint density at radius 2 is 0.776 bits per heavy atom. The van der Waals surface area contributed by atoms with Gasteiger partial charge in [0.1, 0.15) is 23.0 Å². The van der Waals surface area contributed by atoms with Crippen LogP contribution in [0.1, 0.15) is 20.7 Å². The molecule has 9 heteroatoms. The fourth-order valence-electron chi connectivity index (χ4n) is 5.11. The van der Waals surface area contributed by atoms with Gasteiger partial charge in [-0.25, -0.2) is 0 Å². The van der Waals surface area contributed by atoms with Gasteiger partial charge in [-0.3, -0.25) is 9.59 Å². The van der Waals surface area contributed by atoms with E-state index in [1.54, 1.807) is 74.9 Å². The Morgan fingerprint density at radius 3 is 1.16 bits per heavy atom. The number of para-hydroxylation sites is 6. The molecule has 0 aromatic heterocycles. The van der Waals surface area contributed by atoms with Crippen LogP contribution in [0.4, 0.5) is 34.1 Å². The highest BCUT2D eigenvalue weighted by Crippen LogP contribution is 2.31. The van der Waals surface area contributed by atoms with E-state index in [0.717, 1.165) is 11.4 Å². The van der Waals surface area contributed by atoms with E-state index in [1.807, 2.05) is 84.9 Å². The molecule has 0 saturated carbocycles. The molecular weight excluding hydrogens is 616 g/mol. The molecule has 0 fully saturated rings. The van der Waals surface area contributed by atoms with E-state index in [4.69, 9.17) is 14.2 Å². The molecule has 6 aromatic rings. The quantitative estimate of drug-likeness (QED) is 0.104. The summed E-state index contributed by atoms with van der Waals surface area (Å²) in [6.45, 7) is 0. The highest BCUT2D eigenvalue weighted by molar-refractivity contribution is 6.09. The second-order valence-corrected chi connectivity index (χ2v) is 10.8. The number of methoxy groups -OCH3 is 2. The first-order chi connectivity index (χ1) is 24.0. The zero-order chi connectivity index (χ0) is 34.0. The van der Waals surface area contributed by atoms with Gasteiger partial charge in [0.2, 0.25) is 0 Å². The maximum absolute atomic E-state index is 13.2. The van der Waals surface area contributed by atoms with Gasteiger partial charge in [0, 0.05) is 11.4 Å². The highest BCUT2D eigenvalue weighted by Gasteiger charge is 2.15. The molecule has 0 unspecified atom stereocenters. The number of carbonyl (C=O) groups is 2. The SMILES string of the molecule is COc1ccccc1Nc1ccccc1C(=O)Nc1ccc(Oc2ccc(NC(=O)c3ccccc3Nc3ccccc3OC)cc2)cc1. The molecule has 0 saturated heterocycles. The lowest BCUT2D eigenvalue weighted by Crippen LogP contribution is -2.14. The van der Waals surface area contributed by atoms with Crippen LogP contribution in [-0.4, -0.2) is 26.0 Å². The first-order valence-electron chi connectivity index (χ1n) is 15.5. The third-order valence-electron chi connectivity index (χ3n) is 7.56. The summed E-state index contributed by atoms with van der Waals surface area (Å²) in [6, 6.07) is 43.8. The normalized spacial score (nSPS) is 10.4. The van der Waals surface area contributed by atoms with Crippen LogP contribution in [0, 0.1) is 0 Å². The lowest BCUT2D eigenvalue weighted by atomic mass is 10.1. The van der Waals surface area contributed by atoms with Crippen molar-refractivity contribution >= 4 is 45.9 Å². The minimum atomic E-state index is -0.262. The summed E-state index contributed by atoms with van der Waals surface area (Å²) in [6.07, 6.45) is 0. The molecule has 0 aliphatic rings. The highest BCUT2D eigenvalue weighted by atomic mass is 16.5. The number of carbonyl (C=O) groups excluding carboxylic acids is 2.